The van der Waals surface area contributed by atoms with Crippen LogP contribution in [0.3, 0.4) is 0 Å². The first-order valence-corrected chi connectivity index (χ1v) is 5.98. The van der Waals surface area contributed by atoms with Gasteiger partial charge in [0.2, 0.25) is 5.91 Å². The average molecular weight is 229 g/mol. The van der Waals surface area contributed by atoms with Gasteiger partial charge in [0.25, 0.3) is 0 Å². The first kappa shape index (κ1) is 14.9. The minimum absolute atomic E-state index is 0.189. The Balaban J connectivity index is 4.78. The van der Waals surface area contributed by atoms with Crippen molar-refractivity contribution in [3.8, 4) is 0 Å². The van der Waals surface area contributed by atoms with Crippen molar-refractivity contribution < 1.29 is 14.3 Å². The van der Waals surface area contributed by atoms with Gasteiger partial charge in [-0.05, 0) is 19.8 Å². The molecule has 0 saturated heterocycles. The molecule has 0 aliphatic heterocycles. The van der Waals surface area contributed by atoms with Crippen molar-refractivity contribution in [3.05, 3.63) is 0 Å². The maximum atomic E-state index is 11.9. The summed E-state index contributed by atoms with van der Waals surface area (Å²) in [5.41, 5.74) is -0.835. The fourth-order valence-electron chi connectivity index (χ4n) is 1.71. The molecule has 94 valence electrons. The van der Waals surface area contributed by atoms with E-state index in [2.05, 4.69) is 12.2 Å². The molecule has 1 atom stereocenters. The van der Waals surface area contributed by atoms with E-state index in [0.29, 0.717) is 19.4 Å². The highest BCUT2D eigenvalue weighted by atomic mass is 16.5. The summed E-state index contributed by atoms with van der Waals surface area (Å²) in [4.78, 5) is 23.1. The lowest BCUT2D eigenvalue weighted by Crippen LogP contribution is -2.54. The molecule has 0 radical (unpaired) electrons. The summed E-state index contributed by atoms with van der Waals surface area (Å²) in [7, 11) is 0. The molecule has 0 unspecified atom stereocenters. The topological polar surface area (TPSA) is 55.4 Å². The molecule has 0 aliphatic rings. The third kappa shape index (κ3) is 4.21. The largest absolute Gasteiger partial charge is 0.464 e. The lowest BCUT2D eigenvalue weighted by Gasteiger charge is -2.30. The van der Waals surface area contributed by atoms with E-state index in [4.69, 9.17) is 4.74 Å². The van der Waals surface area contributed by atoms with Crippen LogP contribution < -0.4 is 5.32 Å². The van der Waals surface area contributed by atoms with Gasteiger partial charge in [0.15, 0.2) is 0 Å². The molecule has 0 spiro atoms. The second kappa shape index (κ2) is 7.25. The van der Waals surface area contributed by atoms with Crippen molar-refractivity contribution >= 4 is 11.9 Å². The van der Waals surface area contributed by atoms with Crippen LogP contribution in [-0.4, -0.2) is 24.0 Å². The van der Waals surface area contributed by atoms with Crippen LogP contribution in [0.1, 0.15) is 53.4 Å². The minimum Gasteiger partial charge on any atom is -0.464 e. The number of esters is 1. The van der Waals surface area contributed by atoms with Gasteiger partial charge in [-0.1, -0.05) is 26.7 Å². The lowest BCUT2D eigenvalue weighted by molar-refractivity contribution is -0.153. The Morgan fingerprint density at radius 3 is 2.25 bits per heavy atom. The van der Waals surface area contributed by atoms with Crippen LogP contribution in [0.4, 0.5) is 0 Å². The monoisotopic (exact) mass is 229 g/mol. The summed E-state index contributed by atoms with van der Waals surface area (Å²) in [5.74, 6) is -0.507. The third-order valence-corrected chi connectivity index (χ3v) is 2.64. The highest BCUT2D eigenvalue weighted by Gasteiger charge is 2.38. The van der Waals surface area contributed by atoms with Crippen molar-refractivity contribution in [2.24, 2.45) is 0 Å². The smallest absolute Gasteiger partial charge is 0.331 e. The Kier molecular flexibility index (Phi) is 6.77. The van der Waals surface area contributed by atoms with E-state index in [9.17, 15) is 9.59 Å². The molecule has 0 bridgehead atoms. The van der Waals surface area contributed by atoms with E-state index in [1.807, 2.05) is 6.92 Å². The maximum Gasteiger partial charge on any atom is 0.331 e. The van der Waals surface area contributed by atoms with Gasteiger partial charge in [0.05, 0.1) is 6.61 Å². The number of ether oxygens (including phenoxy) is 1. The summed E-state index contributed by atoms with van der Waals surface area (Å²) in [5, 5.41) is 2.75. The molecule has 0 heterocycles. The van der Waals surface area contributed by atoms with Crippen molar-refractivity contribution in [2.45, 2.75) is 58.9 Å². The molecule has 4 heteroatoms. The number of nitrogens with one attached hydrogen (secondary N) is 1. The molecule has 0 fully saturated rings. The molecule has 0 aromatic rings. The molecule has 0 aromatic heterocycles. The quantitative estimate of drug-likeness (QED) is 0.679. The van der Waals surface area contributed by atoms with Crippen LogP contribution in [-0.2, 0) is 14.3 Å². The van der Waals surface area contributed by atoms with Gasteiger partial charge in [-0.3, -0.25) is 4.79 Å². The fourth-order valence-corrected chi connectivity index (χ4v) is 1.71. The molecule has 0 aromatic carbocycles. The van der Waals surface area contributed by atoms with Crippen molar-refractivity contribution in [1.29, 1.82) is 0 Å². The van der Waals surface area contributed by atoms with Gasteiger partial charge >= 0.3 is 5.97 Å². The Morgan fingerprint density at radius 1 is 1.25 bits per heavy atom. The van der Waals surface area contributed by atoms with Crippen LogP contribution in [0.15, 0.2) is 0 Å². The number of hydrogen-bond donors (Lipinski definition) is 1. The zero-order valence-electron chi connectivity index (χ0n) is 10.8. The number of carbonyl (C=O) groups is 2. The third-order valence-electron chi connectivity index (χ3n) is 2.64. The van der Waals surface area contributed by atoms with Crippen LogP contribution in [0.25, 0.3) is 0 Å². The number of carbonyl (C=O) groups excluding carboxylic acids is 2. The zero-order chi connectivity index (χ0) is 12.6. The van der Waals surface area contributed by atoms with Gasteiger partial charge in [-0.2, -0.15) is 0 Å². The summed E-state index contributed by atoms with van der Waals surface area (Å²) >= 11 is 0. The normalized spacial score (nSPS) is 14.0. The Hall–Kier alpha value is -1.06. The summed E-state index contributed by atoms with van der Waals surface area (Å²) in [6, 6.07) is 0. The number of rotatable bonds is 7. The lowest BCUT2D eigenvalue weighted by atomic mass is 9.89. The van der Waals surface area contributed by atoms with E-state index in [1.165, 1.54) is 6.92 Å². The first-order valence-electron chi connectivity index (χ1n) is 5.98. The second-order valence-electron chi connectivity index (χ2n) is 3.94. The van der Waals surface area contributed by atoms with E-state index in [1.54, 1.807) is 6.92 Å². The molecular formula is C12H23NO3. The summed E-state index contributed by atoms with van der Waals surface area (Å²) < 4.78 is 5.04. The van der Waals surface area contributed by atoms with Crippen molar-refractivity contribution in [2.75, 3.05) is 6.61 Å². The van der Waals surface area contributed by atoms with E-state index in [-0.39, 0.29) is 11.9 Å². The number of unbranched alkanes of at least 4 members (excludes halogenated alkanes) is 1. The SMILES string of the molecule is CCCC[C@@](CC)(NC(C)=O)C(=O)OCC. The van der Waals surface area contributed by atoms with Gasteiger partial charge in [-0.15, -0.1) is 0 Å². The van der Waals surface area contributed by atoms with Gasteiger partial charge in [0, 0.05) is 6.92 Å². The van der Waals surface area contributed by atoms with Gasteiger partial charge in [0.1, 0.15) is 5.54 Å². The van der Waals surface area contributed by atoms with E-state index in [0.717, 1.165) is 12.8 Å². The van der Waals surface area contributed by atoms with Gasteiger partial charge in [-0.25, -0.2) is 4.79 Å². The minimum atomic E-state index is -0.835. The molecule has 1 amide bonds. The second-order valence-corrected chi connectivity index (χ2v) is 3.94. The Labute approximate surface area is 97.7 Å². The molecule has 16 heavy (non-hydrogen) atoms. The predicted molar refractivity (Wildman–Crippen MR) is 63.0 cm³/mol. The Morgan fingerprint density at radius 2 is 1.88 bits per heavy atom. The zero-order valence-corrected chi connectivity index (χ0v) is 10.8. The van der Waals surface area contributed by atoms with Crippen LogP contribution in [0.5, 0.6) is 0 Å². The average Bonchev–Trinajstić information content (AvgIpc) is 2.24. The van der Waals surface area contributed by atoms with Crippen LogP contribution in [0.2, 0.25) is 0 Å². The highest BCUT2D eigenvalue weighted by Crippen LogP contribution is 2.20. The molecule has 0 rings (SSSR count). The number of hydrogen-bond acceptors (Lipinski definition) is 3. The van der Waals surface area contributed by atoms with E-state index < -0.39 is 5.54 Å². The van der Waals surface area contributed by atoms with Crippen LogP contribution >= 0.6 is 0 Å². The predicted octanol–water partition coefficient (Wildman–Crippen LogP) is 2.02. The maximum absolute atomic E-state index is 11.9. The summed E-state index contributed by atoms with van der Waals surface area (Å²) in [6.45, 7) is 7.48. The molecule has 0 aliphatic carbocycles. The molecular weight excluding hydrogens is 206 g/mol. The summed E-state index contributed by atoms with van der Waals surface area (Å²) in [6.07, 6.45) is 3.08. The standard InChI is InChI=1S/C12H23NO3/c1-5-8-9-12(6-2,13-10(4)14)11(15)16-7-3/h5-9H2,1-4H3,(H,13,14)/t12-/m1/s1. The fraction of sp³-hybridized carbons (Fsp3) is 0.833. The first-order chi connectivity index (χ1) is 7.52. The highest BCUT2D eigenvalue weighted by molar-refractivity contribution is 5.87. The molecule has 0 saturated carbocycles. The van der Waals surface area contributed by atoms with Crippen molar-refractivity contribution in [1.82, 2.24) is 5.32 Å². The van der Waals surface area contributed by atoms with Gasteiger partial charge < -0.3 is 10.1 Å². The van der Waals surface area contributed by atoms with Crippen LogP contribution in [0, 0.1) is 0 Å². The van der Waals surface area contributed by atoms with E-state index >= 15 is 0 Å². The molecule has 4 nitrogen and oxygen atoms in total. The Bertz CT molecular complexity index is 240. The molecule has 1 N–H and O–H groups in total. The van der Waals surface area contributed by atoms with Crippen molar-refractivity contribution in [3.63, 3.8) is 0 Å². The number of amides is 1.